The molecule has 0 saturated carbocycles. The number of aryl methyl sites for hydroxylation is 2. The van der Waals surface area contributed by atoms with Crippen LogP contribution in [-0.4, -0.2) is 28.6 Å². The summed E-state index contributed by atoms with van der Waals surface area (Å²) in [5.41, 5.74) is 5.71. The van der Waals surface area contributed by atoms with Gasteiger partial charge in [0, 0.05) is 6.54 Å². The smallest absolute Gasteiger partial charge is 0.247 e. The van der Waals surface area contributed by atoms with Crippen LogP contribution in [0, 0.1) is 13.8 Å². The van der Waals surface area contributed by atoms with Gasteiger partial charge in [0.05, 0.1) is 12.2 Å². The Morgan fingerprint density at radius 2 is 2.33 bits per heavy atom. The number of hydrogen-bond donors (Lipinski definition) is 3. The maximum atomic E-state index is 10.5. The van der Waals surface area contributed by atoms with Crippen LogP contribution in [0.1, 0.15) is 17.3 Å². The number of amides is 1. The molecule has 0 aliphatic rings. The third kappa shape index (κ3) is 3.34. The van der Waals surface area contributed by atoms with Gasteiger partial charge in [-0.25, -0.2) is 4.98 Å². The second kappa shape index (κ2) is 4.90. The fourth-order valence-corrected chi connectivity index (χ4v) is 1.03. The number of carbonyl (C=O) groups excluding carboxylic acids is 1. The van der Waals surface area contributed by atoms with Gasteiger partial charge >= 0.3 is 0 Å². The van der Waals surface area contributed by atoms with Crippen LogP contribution in [0.25, 0.3) is 0 Å². The van der Waals surface area contributed by atoms with Crippen molar-refractivity contribution in [2.75, 3.05) is 6.54 Å². The molecule has 6 nitrogen and oxygen atoms in total. The monoisotopic (exact) mass is 213 g/mol. The maximum absolute atomic E-state index is 10.5. The van der Waals surface area contributed by atoms with Gasteiger partial charge in [-0.3, -0.25) is 4.79 Å². The summed E-state index contributed by atoms with van der Waals surface area (Å²) in [4.78, 5) is 14.6. The number of nitrogens with two attached hydrogens (primary N) is 1. The molecule has 0 bridgehead atoms. The predicted molar refractivity (Wildman–Crippen MR) is 52.9 cm³/mol. The van der Waals surface area contributed by atoms with Gasteiger partial charge in [0.15, 0.2) is 0 Å². The van der Waals surface area contributed by atoms with Crippen LogP contribution >= 0.6 is 0 Å². The van der Waals surface area contributed by atoms with E-state index < -0.39 is 12.0 Å². The van der Waals surface area contributed by atoms with E-state index in [2.05, 4.69) is 10.3 Å². The summed E-state index contributed by atoms with van der Waals surface area (Å²) < 4.78 is 5.29. The van der Waals surface area contributed by atoms with E-state index in [-0.39, 0.29) is 6.54 Å². The first kappa shape index (κ1) is 11.7. The van der Waals surface area contributed by atoms with Gasteiger partial charge < -0.3 is 20.6 Å². The third-order valence-corrected chi connectivity index (χ3v) is 2.02. The van der Waals surface area contributed by atoms with Crippen molar-refractivity contribution in [3.63, 3.8) is 0 Å². The van der Waals surface area contributed by atoms with Crippen LogP contribution in [0.3, 0.4) is 0 Å². The Morgan fingerprint density at radius 3 is 2.80 bits per heavy atom. The molecular formula is C9H15N3O3. The van der Waals surface area contributed by atoms with E-state index in [1.165, 1.54) is 0 Å². The Labute approximate surface area is 87.5 Å². The summed E-state index contributed by atoms with van der Waals surface area (Å²) in [6.07, 6.45) is -1.18. The van der Waals surface area contributed by atoms with Crippen LogP contribution in [-0.2, 0) is 11.3 Å². The number of carbonyl (C=O) groups is 1. The van der Waals surface area contributed by atoms with E-state index >= 15 is 0 Å². The molecular weight excluding hydrogens is 198 g/mol. The minimum Gasteiger partial charge on any atom is -0.444 e. The van der Waals surface area contributed by atoms with Gasteiger partial charge in [0.1, 0.15) is 11.9 Å². The summed E-state index contributed by atoms with van der Waals surface area (Å²) in [5.74, 6) is 0.547. The van der Waals surface area contributed by atoms with Gasteiger partial charge in [-0.1, -0.05) is 0 Å². The average molecular weight is 213 g/mol. The summed E-state index contributed by atoms with van der Waals surface area (Å²) in [6, 6.07) is 0. The Morgan fingerprint density at radius 1 is 1.67 bits per heavy atom. The number of nitrogens with zero attached hydrogens (tertiary/aromatic N) is 1. The zero-order valence-electron chi connectivity index (χ0n) is 8.78. The molecule has 1 atom stereocenters. The molecule has 1 aromatic rings. The lowest BCUT2D eigenvalue weighted by molar-refractivity contribution is -0.125. The molecule has 15 heavy (non-hydrogen) atoms. The van der Waals surface area contributed by atoms with Crippen LogP contribution in [0.5, 0.6) is 0 Å². The van der Waals surface area contributed by atoms with Gasteiger partial charge in [-0.15, -0.1) is 0 Å². The molecule has 1 unspecified atom stereocenters. The standard InChI is InChI=1S/C9H15N3O3/c1-5-6(2)15-8(12-5)4-11-3-7(13)9(10)14/h7,11,13H,3-4H2,1-2H3,(H2,10,14). The molecule has 0 saturated heterocycles. The van der Waals surface area contributed by atoms with Crippen LogP contribution in [0.15, 0.2) is 4.42 Å². The van der Waals surface area contributed by atoms with E-state index in [1.807, 2.05) is 13.8 Å². The SMILES string of the molecule is Cc1nc(CNCC(O)C(N)=O)oc1C. The summed E-state index contributed by atoms with van der Waals surface area (Å²) >= 11 is 0. The Kier molecular flexibility index (Phi) is 3.81. The van der Waals surface area contributed by atoms with Crippen molar-refractivity contribution in [1.82, 2.24) is 10.3 Å². The highest BCUT2D eigenvalue weighted by atomic mass is 16.4. The molecule has 0 aromatic carbocycles. The lowest BCUT2D eigenvalue weighted by atomic mass is 10.3. The summed E-state index contributed by atoms with van der Waals surface area (Å²) in [5, 5.41) is 11.9. The van der Waals surface area contributed by atoms with E-state index in [1.54, 1.807) is 0 Å². The second-order valence-electron chi connectivity index (χ2n) is 3.30. The molecule has 84 valence electrons. The third-order valence-electron chi connectivity index (χ3n) is 2.02. The van der Waals surface area contributed by atoms with Crippen molar-refractivity contribution >= 4 is 5.91 Å². The van der Waals surface area contributed by atoms with Gasteiger partial charge in [-0.05, 0) is 13.8 Å². The quantitative estimate of drug-likeness (QED) is 0.596. The number of hydrogen-bond acceptors (Lipinski definition) is 5. The lowest BCUT2D eigenvalue weighted by Crippen LogP contribution is -2.37. The first-order valence-corrected chi connectivity index (χ1v) is 4.61. The van der Waals surface area contributed by atoms with Crippen molar-refractivity contribution in [2.24, 2.45) is 5.73 Å². The molecule has 1 rings (SSSR count). The molecule has 0 radical (unpaired) electrons. The van der Waals surface area contributed by atoms with E-state index in [9.17, 15) is 4.79 Å². The minimum atomic E-state index is -1.18. The molecule has 6 heteroatoms. The average Bonchev–Trinajstić information content (AvgIpc) is 2.46. The van der Waals surface area contributed by atoms with Crippen molar-refractivity contribution in [2.45, 2.75) is 26.5 Å². The molecule has 4 N–H and O–H groups in total. The number of aromatic nitrogens is 1. The predicted octanol–water partition coefficient (Wildman–Crippen LogP) is -0.773. The number of primary amides is 1. The van der Waals surface area contributed by atoms with Crippen molar-refractivity contribution in [1.29, 1.82) is 0 Å². The molecule has 1 amide bonds. The molecule has 1 heterocycles. The normalized spacial score (nSPS) is 12.7. The zero-order chi connectivity index (χ0) is 11.4. The minimum absolute atomic E-state index is 0.0931. The van der Waals surface area contributed by atoms with Crippen molar-refractivity contribution < 1.29 is 14.3 Å². The fraction of sp³-hybridized carbons (Fsp3) is 0.556. The number of nitrogens with one attached hydrogen (secondary N) is 1. The summed E-state index contributed by atoms with van der Waals surface area (Å²) in [7, 11) is 0. The Bertz CT molecular complexity index is 329. The fourth-order valence-electron chi connectivity index (χ4n) is 1.03. The lowest BCUT2D eigenvalue weighted by Gasteiger charge is -2.05. The first-order chi connectivity index (χ1) is 7.00. The van der Waals surface area contributed by atoms with Gasteiger partial charge in [-0.2, -0.15) is 0 Å². The molecule has 0 aliphatic heterocycles. The van der Waals surface area contributed by atoms with Crippen molar-refractivity contribution in [3.8, 4) is 0 Å². The van der Waals surface area contributed by atoms with Gasteiger partial charge in [0.25, 0.3) is 0 Å². The largest absolute Gasteiger partial charge is 0.444 e. The summed E-state index contributed by atoms with van der Waals surface area (Å²) in [6.45, 7) is 4.12. The first-order valence-electron chi connectivity index (χ1n) is 4.61. The molecule has 0 aliphatic carbocycles. The zero-order valence-corrected chi connectivity index (χ0v) is 8.78. The molecule has 1 aromatic heterocycles. The highest BCUT2D eigenvalue weighted by molar-refractivity contribution is 5.78. The van der Waals surface area contributed by atoms with E-state index in [0.717, 1.165) is 11.5 Å². The highest BCUT2D eigenvalue weighted by Gasteiger charge is 2.11. The van der Waals surface area contributed by atoms with Crippen LogP contribution in [0.2, 0.25) is 0 Å². The Hall–Kier alpha value is -1.40. The molecule has 0 spiro atoms. The second-order valence-corrected chi connectivity index (χ2v) is 3.30. The van der Waals surface area contributed by atoms with Gasteiger partial charge in [0.2, 0.25) is 11.8 Å². The number of oxazole rings is 1. The number of aliphatic hydroxyl groups is 1. The van der Waals surface area contributed by atoms with Crippen LogP contribution in [0.4, 0.5) is 0 Å². The maximum Gasteiger partial charge on any atom is 0.247 e. The number of aliphatic hydroxyl groups excluding tert-OH is 1. The topological polar surface area (TPSA) is 101 Å². The Balaban J connectivity index is 2.35. The van der Waals surface area contributed by atoms with Crippen LogP contribution < -0.4 is 11.1 Å². The van der Waals surface area contributed by atoms with E-state index in [4.69, 9.17) is 15.3 Å². The van der Waals surface area contributed by atoms with Crippen molar-refractivity contribution in [3.05, 3.63) is 17.3 Å². The molecule has 0 fully saturated rings. The number of rotatable bonds is 5. The van der Waals surface area contributed by atoms with E-state index in [0.29, 0.717) is 12.4 Å². The highest BCUT2D eigenvalue weighted by Crippen LogP contribution is 2.07.